The minimum atomic E-state index is -0.801. The first-order chi connectivity index (χ1) is 12.4. The van der Waals surface area contributed by atoms with Gasteiger partial charge in [-0.05, 0) is 31.5 Å². The molecule has 0 bridgehead atoms. The summed E-state index contributed by atoms with van der Waals surface area (Å²) in [5.41, 5.74) is 0.835. The predicted molar refractivity (Wildman–Crippen MR) is 99.7 cm³/mol. The molecule has 2 heterocycles. The molecular weight excluding hydrogens is 354 g/mol. The molecular formula is C18H17N3O4S. The molecule has 8 heteroatoms. The van der Waals surface area contributed by atoms with Crippen LogP contribution >= 0.6 is 11.3 Å². The molecule has 0 aliphatic rings. The number of nitrogens with zero attached hydrogens (tertiary/aromatic N) is 2. The van der Waals surface area contributed by atoms with Gasteiger partial charge in [0.2, 0.25) is 0 Å². The van der Waals surface area contributed by atoms with Crippen LogP contribution in [0.15, 0.2) is 41.5 Å². The Balaban J connectivity index is 2.03. The van der Waals surface area contributed by atoms with E-state index >= 15 is 0 Å². The van der Waals surface area contributed by atoms with Gasteiger partial charge in [0.15, 0.2) is 0 Å². The van der Waals surface area contributed by atoms with Crippen molar-refractivity contribution < 1.29 is 14.3 Å². The number of benzene rings is 1. The second kappa shape index (κ2) is 7.09. The van der Waals surface area contributed by atoms with Gasteiger partial charge in [0.25, 0.3) is 11.5 Å². The van der Waals surface area contributed by atoms with Gasteiger partial charge in [0.1, 0.15) is 10.9 Å². The molecule has 1 atom stereocenters. The third-order valence-electron chi connectivity index (χ3n) is 4.07. The number of rotatable bonds is 4. The van der Waals surface area contributed by atoms with E-state index in [-0.39, 0.29) is 11.5 Å². The molecule has 2 aromatic heterocycles. The number of thiophene rings is 1. The van der Waals surface area contributed by atoms with E-state index in [0.29, 0.717) is 26.3 Å². The number of esters is 1. The van der Waals surface area contributed by atoms with Crippen molar-refractivity contribution in [2.45, 2.75) is 19.9 Å². The quantitative estimate of drug-likeness (QED) is 0.712. The summed E-state index contributed by atoms with van der Waals surface area (Å²) in [6.45, 7) is 3.26. The van der Waals surface area contributed by atoms with E-state index < -0.39 is 12.0 Å². The second-order valence-corrected chi connectivity index (χ2v) is 6.71. The smallest absolute Gasteiger partial charge is 0.328 e. The molecule has 26 heavy (non-hydrogen) atoms. The highest BCUT2D eigenvalue weighted by molar-refractivity contribution is 7.20. The van der Waals surface area contributed by atoms with Crippen molar-refractivity contribution in [1.82, 2.24) is 9.55 Å². The van der Waals surface area contributed by atoms with Crippen molar-refractivity contribution in [3.8, 4) is 0 Å². The van der Waals surface area contributed by atoms with Gasteiger partial charge in [-0.3, -0.25) is 14.2 Å². The SMILES string of the molecule is COC(=O)C(C)n1cnc2sc(C(=O)Nc3ccccc3)c(C)c2c1=O. The molecule has 1 amide bonds. The molecule has 3 rings (SSSR count). The molecule has 0 spiro atoms. The minimum absolute atomic E-state index is 0.302. The maximum absolute atomic E-state index is 12.8. The number of ether oxygens (including phenoxy) is 1. The maximum Gasteiger partial charge on any atom is 0.328 e. The van der Waals surface area contributed by atoms with E-state index in [0.717, 1.165) is 11.3 Å². The van der Waals surface area contributed by atoms with Gasteiger partial charge in [0, 0.05) is 5.69 Å². The van der Waals surface area contributed by atoms with Crippen LogP contribution < -0.4 is 10.9 Å². The van der Waals surface area contributed by atoms with Gasteiger partial charge < -0.3 is 10.1 Å². The Bertz CT molecular complexity index is 1040. The summed E-state index contributed by atoms with van der Waals surface area (Å²) in [6, 6.07) is 8.26. The number of carbonyl (C=O) groups excluding carboxylic acids is 2. The number of methoxy groups -OCH3 is 1. The number of carbonyl (C=O) groups is 2. The van der Waals surface area contributed by atoms with Crippen LogP contribution in [-0.4, -0.2) is 28.5 Å². The third kappa shape index (κ3) is 3.11. The number of aryl methyl sites for hydroxylation is 1. The van der Waals surface area contributed by atoms with Crippen LogP contribution in [0.2, 0.25) is 0 Å². The first kappa shape index (κ1) is 17.8. The normalized spacial score (nSPS) is 12.0. The fraction of sp³-hybridized carbons (Fsp3) is 0.222. The van der Waals surface area contributed by atoms with Crippen molar-refractivity contribution in [1.29, 1.82) is 0 Å². The third-order valence-corrected chi connectivity index (χ3v) is 5.27. The van der Waals surface area contributed by atoms with E-state index in [2.05, 4.69) is 15.0 Å². The van der Waals surface area contributed by atoms with Gasteiger partial charge >= 0.3 is 5.97 Å². The molecule has 0 radical (unpaired) electrons. The van der Waals surface area contributed by atoms with Crippen LogP contribution in [-0.2, 0) is 9.53 Å². The fourth-order valence-corrected chi connectivity index (χ4v) is 3.66. The molecule has 134 valence electrons. The number of hydrogen-bond acceptors (Lipinski definition) is 6. The molecule has 0 saturated carbocycles. The maximum atomic E-state index is 12.8. The van der Waals surface area contributed by atoms with Crippen LogP contribution in [0.4, 0.5) is 5.69 Å². The van der Waals surface area contributed by atoms with Crippen LogP contribution in [0.3, 0.4) is 0 Å². The van der Waals surface area contributed by atoms with Gasteiger partial charge in [-0.1, -0.05) is 18.2 Å². The molecule has 0 aliphatic carbocycles. The lowest BCUT2D eigenvalue weighted by molar-refractivity contribution is -0.144. The number of fused-ring (bicyclic) bond motifs is 1. The minimum Gasteiger partial charge on any atom is -0.467 e. The van der Waals surface area contributed by atoms with E-state index in [4.69, 9.17) is 0 Å². The van der Waals surface area contributed by atoms with Crippen molar-refractivity contribution in [3.05, 3.63) is 57.5 Å². The molecule has 1 N–H and O–H groups in total. The number of anilines is 1. The van der Waals surface area contributed by atoms with Crippen LogP contribution in [0.1, 0.15) is 28.2 Å². The Morgan fingerprint density at radius 3 is 2.62 bits per heavy atom. The highest BCUT2D eigenvalue weighted by atomic mass is 32.1. The summed E-state index contributed by atoms with van der Waals surface area (Å²) < 4.78 is 5.90. The summed E-state index contributed by atoms with van der Waals surface area (Å²) in [7, 11) is 1.26. The Morgan fingerprint density at radius 2 is 1.96 bits per heavy atom. The standard InChI is InChI=1S/C18H17N3O4S/c1-10-13-16(19-9-21(17(13)23)11(2)18(24)25-3)26-14(10)15(22)20-12-7-5-4-6-8-12/h4-9,11H,1-3H3,(H,20,22). The first-order valence-corrected chi connectivity index (χ1v) is 8.70. The molecule has 0 saturated heterocycles. The molecule has 1 unspecified atom stereocenters. The Hall–Kier alpha value is -3.00. The summed E-state index contributed by atoms with van der Waals surface area (Å²) in [6.07, 6.45) is 1.31. The first-order valence-electron chi connectivity index (χ1n) is 7.88. The topological polar surface area (TPSA) is 90.3 Å². The predicted octanol–water partition coefficient (Wildman–Crippen LogP) is 2.75. The van der Waals surface area contributed by atoms with Crippen molar-refractivity contribution in [2.24, 2.45) is 0 Å². The number of amides is 1. The summed E-state index contributed by atoms with van der Waals surface area (Å²) in [5, 5.41) is 3.14. The van der Waals surface area contributed by atoms with E-state index in [1.54, 1.807) is 26.0 Å². The number of aromatic nitrogens is 2. The summed E-state index contributed by atoms with van der Waals surface area (Å²) >= 11 is 1.15. The zero-order chi connectivity index (χ0) is 18.8. The van der Waals surface area contributed by atoms with Crippen molar-refractivity contribution >= 4 is 39.1 Å². The monoisotopic (exact) mass is 371 g/mol. The van der Waals surface area contributed by atoms with Crippen LogP contribution in [0, 0.1) is 6.92 Å². The number of nitrogens with one attached hydrogen (secondary N) is 1. The van der Waals surface area contributed by atoms with Gasteiger partial charge in [-0.15, -0.1) is 11.3 Å². The summed E-state index contributed by atoms with van der Waals surface area (Å²) in [4.78, 5) is 42.2. The van der Waals surface area contributed by atoms with Crippen LogP contribution in [0.25, 0.3) is 10.2 Å². The molecule has 1 aromatic carbocycles. The number of para-hydroxylation sites is 1. The lowest BCUT2D eigenvalue weighted by atomic mass is 10.2. The summed E-state index contributed by atoms with van der Waals surface area (Å²) in [5.74, 6) is -0.841. The fourth-order valence-electron chi connectivity index (χ4n) is 2.62. The van der Waals surface area contributed by atoms with Crippen molar-refractivity contribution in [2.75, 3.05) is 12.4 Å². The van der Waals surface area contributed by atoms with E-state index in [9.17, 15) is 14.4 Å². The van der Waals surface area contributed by atoms with Gasteiger partial charge in [-0.25, -0.2) is 9.78 Å². The van der Waals surface area contributed by atoms with E-state index in [1.165, 1.54) is 18.0 Å². The van der Waals surface area contributed by atoms with E-state index in [1.807, 2.05) is 18.2 Å². The van der Waals surface area contributed by atoms with Gasteiger partial charge in [-0.2, -0.15) is 0 Å². The zero-order valence-corrected chi connectivity index (χ0v) is 15.3. The number of hydrogen-bond donors (Lipinski definition) is 1. The molecule has 0 aliphatic heterocycles. The average molecular weight is 371 g/mol. The van der Waals surface area contributed by atoms with Crippen LogP contribution in [0.5, 0.6) is 0 Å². The Labute approximate surface area is 153 Å². The second-order valence-electron chi connectivity index (χ2n) is 5.71. The largest absolute Gasteiger partial charge is 0.467 e. The lowest BCUT2D eigenvalue weighted by Gasteiger charge is -2.11. The van der Waals surface area contributed by atoms with Crippen molar-refractivity contribution in [3.63, 3.8) is 0 Å². The molecule has 7 nitrogen and oxygen atoms in total. The zero-order valence-electron chi connectivity index (χ0n) is 14.5. The highest BCUT2D eigenvalue weighted by Crippen LogP contribution is 2.28. The molecule has 3 aromatic rings. The Kier molecular flexibility index (Phi) is 4.85. The lowest BCUT2D eigenvalue weighted by Crippen LogP contribution is -2.29. The van der Waals surface area contributed by atoms with Gasteiger partial charge in [0.05, 0.1) is 23.7 Å². The highest BCUT2D eigenvalue weighted by Gasteiger charge is 2.23. The molecule has 0 fully saturated rings. The average Bonchev–Trinajstić information content (AvgIpc) is 2.99. The Morgan fingerprint density at radius 1 is 1.27 bits per heavy atom.